The SMILES string of the molecule is COC(=O)CC(C)N(C)CC(=O)NC(C)C. The molecule has 0 saturated carbocycles. The molecule has 0 aromatic heterocycles. The van der Waals surface area contributed by atoms with E-state index in [0.29, 0.717) is 6.42 Å². The number of ether oxygens (including phenoxy) is 1. The first kappa shape index (κ1) is 14.9. The first-order valence-corrected chi connectivity index (χ1v) is 5.43. The van der Waals surface area contributed by atoms with Gasteiger partial charge in [-0.05, 0) is 27.8 Å². The zero-order chi connectivity index (χ0) is 12.7. The molecule has 1 unspecified atom stereocenters. The van der Waals surface area contributed by atoms with Crippen molar-refractivity contribution in [2.45, 2.75) is 39.3 Å². The molecule has 5 nitrogen and oxygen atoms in total. The van der Waals surface area contributed by atoms with E-state index in [1.54, 1.807) is 0 Å². The van der Waals surface area contributed by atoms with Gasteiger partial charge in [-0.15, -0.1) is 0 Å². The fraction of sp³-hybridized carbons (Fsp3) is 0.818. The van der Waals surface area contributed by atoms with Gasteiger partial charge in [0.25, 0.3) is 0 Å². The van der Waals surface area contributed by atoms with Gasteiger partial charge in [0.2, 0.25) is 5.91 Å². The van der Waals surface area contributed by atoms with Gasteiger partial charge in [0.05, 0.1) is 20.1 Å². The number of amides is 1. The molecule has 0 spiro atoms. The second kappa shape index (κ2) is 7.22. The van der Waals surface area contributed by atoms with Crippen molar-refractivity contribution in [1.82, 2.24) is 10.2 Å². The van der Waals surface area contributed by atoms with Gasteiger partial charge in [0, 0.05) is 12.1 Å². The summed E-state index contributed by atoms with van der Waals surface area (Å²) in [5.74, 6) is -0.294. The number of likely N-dealkylation sites (N-methyl/N-ethyl adjacent to an activating group) is 1. The summed E-state index contributed by atoms with van der Waals surface area (Å²) < 4.78 is 4.57. The zero-order valence-electron chi connectivity index (χ0n) is 10.7. The molecular weight excluding hydrogens is 208 g/mol. The molecule has 0 aliphatic rings. The molecule has 1 atom stereocenters. The lowest BCUT2D eigenvalue weighted by Gasteiger charge is -2.23. The van der Waals surface area contributed by atoms with E-state index in [2.05, 4.69) is 10.1 Å². The lowest BCUT2D eigenvalue weighted by Crippen LogP contribution is -2.42. The maximum absolute atomic E-state index is 11.5. The summed E-state index contributed by atoms with van der Waals surface area (Å²) >= 11 is 0. The molecule has 94 valence electrons. The number of carbonyl (C=O) groups is 2. The average molecular weight is 230 g/mol. The Morgan fingerprint density at radius 3 is 2.31 bits per heavy atom. The summed E-state index contributed by atoms with van der Waals surface area (Å²) in [6.07, 6.45) is 0.294. The second-order valence-electron chi connectivity index (χ2n) is 4.27. The van der Waals surface area contributed by atoms with Crippen molar-refractivity contribution in [2.24, 2.45) is 0 Å². The Balaban J connectivity index is 3.99. The van der Waals surface area contributed by atoms with Crippen molar-refractivity contribution < 1.29 is 14.3 Å². The highest BCUT2D eigenvalue weighted by Gasteiger charge is 2.16. The number of carbonyl (C=O) groups excluding carboxylic acids is 2. The highest BCUT2D eigenvalue weighted by atomic mass is 16.5. The molecule has 0 aliphatic heterocycles. The Bertz CT molecular complexity index is 241. The minimum atomic E-state index is -0.261. The molecule has 0 fully saturated rings. The highest BCUT2D eigenvalue weighted by Crippen LogP contribution is 2.01. The van der Waals surface area contributed by atoms with Crippen LogP contribution < -0.4 is 5.32 Å². The Hall–Kier alpha value is -1.10. The number of hydrogen-bond donors (Lipinski definition) is 1. The fourth-order valence-corrected chi connectivity index (χ4v) is 1.23. The smallest absolute Gasteiger partial charge is 0.307 e. The van der Waals surface area contributed by atoms with Crippen LogP contribution in [0, 0.1) is 0 Å². The molecule has 1 N–H and O–H groups in total. The molecule has 16 heavy (non-hydrogen) atoms. The number of hydrogen-bond acceptors (Lipinski definition) is 4. The van der Waals surface area contributed by atoms with Gasteiger partial charge in [-0.2, -0.15) is 0 Å². The van der Waals surface area contributed by atoms with Crippen molar-refractivity contribution in [3.8, 4) is 0 Å². The fourth-order valence-electron chi connectivity index (χ4n) is 1.23. The minimum absolute atomic E-state index is 0.00892. The normalized spacial score (nSPS) is 12.7. The third kappa shape index (κ3) is 6.40. The van der Waals surface area contributed by atoms with Crippen molar-refractivity contribution >= 4 is 11.9 Å². The topological polar surface area (TPSA) is 58.6 Å². The number of nitrogens with one attached hydrogen (secondary N) is 1. The van der Waals surface area contributed by atoms with Gasteiger partial charge >= 0.3 is 5.97 Å². The van der Waals surface area contributed by atoms with Crippen LogP contribution in [0.15, 0.2) is 0 Å². The van der Waals surface area contributed by atoms with Crippen LogP contribution >= 0.6 is 0 Å². The summed E-state index contributed by atoms with van der Waals surface area (Å²) in [6, 6.07) is 0.127. The second-order valence-corrected chi connectivity index (χ2v) is 4.27. The molecule has 0 radical (unpaired) electrons. The molecule has 0 heterocycles. The molecule has 0 aliphatic carbocycles. The Kier molecular flexibility index (Phi) is 6.72. The van der Waals surface area contributed by atoms with E-state index < -0.39 is 0 Å². The number of nitrogens with zero attached hydrogens (tertiary/aromatic N) is 1. The van der Waals surface area contributed by atoms with Crippen molar-refractivity contribution in [2.75, 3.05) is 20.7 Å². The molecule has 5 heteroatoms. The van der Waals surface area contributed by atoms with E-state index in [0.717, 1.165) is 0 Å². The van der Waals surface area contributed by atoms with Crippen molar-refractivity contribution in [3.05, 3.63) is 0 Å². The van der Waals surface area contributed by atoms with Crippen LogP contribution in [-0.4, -0.2) is 49.6 Å². The van der Waals surface area contributed by atoms with Crippen molar-refractivity contribution in [3.63, 3.8) is 0 Å². The summed E-state index contributed by atoms with van der Waals surface area (Å²) in [6.45, 7) is 6.00. The predicted molar refractivity (Wildman–Crippen MR) is 62.0 cm³/mol. The monoisotopic (exact) mass is 230 g/mol. The molecular formula is C11H22N2O3. The van der Waals surface area contributed by atoms with E-state index in [4.69, 9.17) is 0 Å². The number of esters is 1. The maximum Gasteiger partial charge on any atom is 0.307 e. The van der Waals surface area contributed by atoms with E-state index in [-0.39, 0.29) is 30.5 Å². The Morgan fingerprint density at radius 1 is 1.31 bits per heavy atom. The minimum Gasteiger partial charge on any atom is -0.469 e. The van der Waals surface area contributed by atoms with E-state index in [9.17, 15) is 9.59 Å². The highest BCUT2D eigenvalue weighted by molar-refractivity contribution is 5.78. The third-order valence-corrected chi connectivity index (χ3v) is 2.28. The molecule has 1 amide bonds. The quantitative estimate of drug-likeness (QED) is 0.671. The van der Waals surface area contributed by atoms with Crippen molar-refractivity contribution in [1.29, 1.82) is 0 Å². The van der Waals surface area contributed by atoms with E-state index >= 15 is 0 Å². The van der Waals surface area contributed by atoms with Crippen LogP contribution in [0.2, 0.25) is 0 Å². The maximum atomic E-state index is 11.5. The van der Waals surface area contributed by atoms with Crippen LogP contribution in [0.1, 0.15) is 27.2 Å². The van der Waals surface area contributed by atoms with Gasteiger partial charge in [-0.25, -0.2) is 0 Å². The van der Waals surface area contributed by atoms with Gasteiger partial charge in [-0.3, -0.25) is 14.5 Å². The first-order valence-electron chi connectivity index (χ1n) is 5.43. The van der Waals surface area contributed by atoms with E-state index in [1.807, 2.05) is 32.7 Å². The summed E-state index contributed by atoms with van der Waals surface area (Å²) in [7, 11) is 3.17. The van der Waals surface area contributed by atoms with Crippen LogP contribution in [0.5, 0.6) is 0 Å². The van der Waals surface area contributed by atoms with Crippen LogP contribution in [0.25, 0.3) is 0 Å². The van der Waals surface area contributed by atoms with Gasteiger partial charge in [0.1, 0.15) is 0 Å². The summed E-state index contributed by atoms with van der Waals surface area (Å²) in [4.78, 5) is 24.3. The lowest BCUT2D eigenvalue weighted by atomic mass is 10.2. The van der Waals surface area contributed by atoms with Crippen LogP contribution in [0.3, 0.4) is 0 Å². The van der Waals surface area contributed by atoms with Crippen LogP contribution in [0.4, 0.5) is 0 Å². The summed E-state index contributed by atoms with van der Waals surface area (Å²) in [5.41, 5.74) is 0. The Labute approximate surface area is 97.1 Å². The molecule has 0 bridgehead atoms. The average Bonchev–Trinajstić information content (AvgIpc) is 2.15. The molecule has 0 aromatic rings. The number of methoxy groups -OCH3 is 1. The Morgan fingerprint density at radius 2 is 1.88 bits per heavy atom. The first-order chi connectivity index (χ1) is 7.36. The zero-order valence-corrected chi connectivity index (χ0v) is 10.7. The standard InChI is InChI=1S/C11H22N2O3/c1-8(2)12-10(14)7-13(4)9(3)6-11(15)16-5/h8-9H,6-7H2,1-5H3,(H,12,14). The predicted octanol–water partition coefficient (Wildman–Crippen LogP) is 0.394. The summed E-state index contributed by atoms with van der Waals surface area (Å²) in [5, 5.41) is 2.80. The van der Waals surface area contributed by atoms with Crippen LogP contribution in [-0.2, 0) is 14.3 Å². The molecule has 0 saturated heterocycles. The third-order valence-electron chi connectivity index (χ3n) is 2.28. The van der Waals surface area contributed by atoms with E-state index in [1.165, 1.54) is 7.11 Å². The van der Waals surface area contributed by atoms with Gasteiger partial charge < -0.3 is 10.1 Å². The largest absolute Gasteiger partial charge is 0.469 e. The molecule has 0 rings (SSSR count). The van der Waals surface area contributed by atoms with Gasteiger partial charge in [-0.1, -0.05) is 0 Å². The van der Waals surface area contributed by atoms with Gasteiger partial charge in [0.15, 0.2) is 0 Å². The molecule has 0 aromatic carbocycles. The lowest BCUT2D eigenvalue weighted by molar-refractivity contribution is -0.142. The number of rotatable bonds is 6.